The Kier molecular flexibility index (Phi) is 5.44. The van der Waals surface area contributed by atoms with Gasteiger partial charge in [-0.05, 0) is 51.6 Å². The Hall–Kier alpha value is -0.610. The summed E-state index contributed by atoms with van der Waals surface area (Å²) in [4.78, 5) is 14.7. The summed E-state index contributed by atoms with van der Waals surface area (Å²) >= 11 is 0. The van der Waals surface area contributed by atoms with Crippen molar-refractivity contribution in [1.82, 2.24) is 10.2 Å². The third-order valence-electron chi connectivity index (χ3n) is 5.08. The van der Waals surface area contributed by atoms with Gasteiger partial charge in [-0.3, -0.25) is 9.69 Å². The monoisotopic (exact) mass is 282 g/mol. The van der Waals surface area contributed by atoms with Crippen LogP contribution in [0.3, 0.4) is 0 Å². The second kappa shape index (κ2) is 6.90. The molecule has 1 aliphatic carbocycles. The lowest BCUT2D eigenvalue weighted by molar-refractivity contribution is -0.149. The van der Waals surface area contributed by atoms with Crippen LogP contribution in [0.5, 0.6) is 0 Å². The molecule has 0 spiro atoms. The summed E-state index contributed by atoms with van der Waals surface area (Å²) in [6.07, 6.45) is 8.08. The topological polar surface area (TPSA) is 41.6 Å². The quantitative estimate of drug-likeness (QED) is 0.758. The van der Waals surface area contributed by atoms with Crippen LogP contribution in [-0.4, -0.2) is 49.2 Å². The smallest absolute Gasteiger partial charge is 0.327 e. The molecule has 1 saturated heterocycles. The Morgan fingerprint density at radius 1 is 1.30 bits per heavy atom. The first-order valence-corrected chi connectivity index (χ1v) is 8.18. The van der Waals surface area contributed by atoms with Crippen LogP contribution >= 0.6 is 0 Å². The Morgan fingerprint density at radius 3 is 2.60 bits per heavy atom. The molecule has 0 aromatic heterocycles. The molecule has 0 aromatic carbocycles. The Balaban J connectivity index is 2.02. The number of likely N-dealkylation sites (N-methyl/N-ethyl adjacent to an activating group) is 1. The van der Waals surface area contributed by atoms with Gasteiger partial charge in [-0.25, -0.2) is 0 Å². The van der Waals surface area contributed by atoms with Crippen LogP contribution in [0.4, 0.5) is 0 Å². The van der Waals surface area contributed by atoms with Crippen LogP contribution in [0.1, 0.15) is 52.4 Å². The van der Waals surface area contributed by atoms with Crippen LogP contribution in [0.2, 0.25) is 0 Å². The number of hydrogen-bond acceptors (Lipinski definition) is 4. The molecule has 2 atom stereocenters. The van der Waals surface area contributed by atoms with Crippen molar-refractivity contribution >= 4 is 5.97 Å². The Bertz CT molecular complexity index is 328. The molecule has 0 bridgehead atoms. The predicted molar refractivity (Wildman–Crippen MR) is 80.7 cm³/mol. The van der Waals surface area contributed by atoms with E-state index in [2.05, 4.69) is 10.2 Å². The summed E-state index contributed by atoms with van der Waals surface area (Å²) < 4.78 is 5.01. The number of carbonyl (C=O) groups excluding carboxylic acids is 1. The Morgan fingerprint density at radius 2 is 2.00 bits per heavy atom. The van der Waals surface area contributed by atoms with Crippen LogP contribution in [0, 0.1) is 5.92 Å². The molecule has 4 heteroatoms. The first kappa shape index (κ1) is 15.8. The van der Waals surface area contributed by atoms with E-state index in [0.29, 0.717) is 6.04 Å². The third kappa shape index (κ3) is 3.34. The number of likely N-dealkylation sites (tertiary alicyclic amines) is 1. The average molecular weight is 282 g/mol. The van der Waals surface area contributed by atoms with Crippen molar-refractivity contribution in [2.24, 2.45) is 5.92 Å². The molecule has 2 unspecified atom stereocenters. The number of nitrogens with one attached hydrogen (secondary N) is 1. The summed E-state index contributed by atoms with van der Waals surface area (Å²) in [5.41, 5.74) is -0.579. The SMILES string of the molecule is CCNC(C)(CN1CCCC1C1CCCC1)C(=O)OC. The van der Waals surface area contributed by atoms with Crippen molar-refractivity contribution in [3.8, 4) is 0 Å². The van der Waals surface area contributed by atoms with Crippen molar-refractivity contribution in [2.45, 2.75) is 64.0 Å². The minimum absolute atomic E-state index is 0.142. The molecule has 1 aliphatic heterocycles. The lowest BCUT2D eigenvalue weighted by Crippen LogP contribution is -2.58. The zero-order valence-electron chi connectivity index (χ0n) is 13.3. The molecule has 1 heterocycles. The maximum atomic E-state index is 12.1. The van der Waals surface area contributed by atoms with E-state index in [1.165, 1.54) is 45.6 Å². The lowest BCUT2D eigenvalue weighted by atomic mass is 9.94. The van der Waals surface area contributed by atoms with Gasteiger partial charge in [0.2, 0.25) is 0 Å². The zero-order chi connectivity index (χ0) is 14.6. The summed E-state index contributed by atoms with van der Waals surface area (Å²) in [6, 6.07) is 0.681. The molecule has 2 fully saturated rings. The molecule has 0 amide bonds. The maximum absolute atomic E-state index is 12.1. The van der Waals surface area contributed by atoms with Gasteiger partial charge in [-0.1, -0.05) is 19.8 Å². The van der Waals surface area contributed by atoms with Crippen molar-refractivity contribution < 1.29 is 9.53 Å². The second-order valence-electron chi connectivity index (χ2n) is 6.58. The third-order valence-corrected chi connectivity index (χ3v) is 5.08. The normalized spacial score (nSPS) is 27.6. The van der Waals surface area contributed by atoms with E-state index < -0.39 is 5.54 Å². The summed E-state index contributed by atoms with van der Waals surface area (Å²) in [5, 5.41) is 3.33. The molecular weight excluding hydrogens is 252 g/mol. The lowest BCUT2D eigenvalue weighted by Gasteiger charge is -2.36. The fourth-order valence-electron chi connectivity index (χ4n) is 4.14. The highest BCUT2D eigenvalue weighted by Crippen LogP contribution is 2.36. The summed E-state index contributed by atoms with van der Waals surface area (Å²) in [7, 11) is 1.48. The van der Waals surface area contributed by atoms with Crippen molar-refractivity contribution in [3.63, 3.8) is 0 Å². The van der Waals surface area contributed by atoms with E-state index in [1.54, 1.807) is 0 Å². The molecule has 1 N–H and O–H groups in total. The van der Waals surface area contributed by atoms with E-state index in [-0.39, 0.29) is 5.97 Å². The number of ether oxygens (including phenoxy) is 1. The molecule has 20 heavy (non-hydrogen) atoms. The number of nitrogens with zero attached hydrogens (tertiary/aromatic N) is 1. The van der Waals surface area contributed by atoms with Gasteiger partial charge in [0.05, 0.1) is 7.11 Å². The fourth-order valence-corrected chi connectivity index (χ4v) is 4.14. The van der Waals surface area contributed by atoms with Crippen LogP contribution in [0.15, 0.2) is 0 Å². The van der Waals surface area contributed by atoms with Gasteiger partial charge >= 0.3 is 5.97 Å². The van der Waals surface area contributed by atoms with Crippen LogP contribution in [-0.2, 0) is 9.53 Å². The Labute approximate surface area is 123 Å². The highest BCUT2D eigenvalue weighted by atomic mass is 16.5. The van der Waals surface area contributed by atoms with E-state index in [0.717, 1.165) is 25.6 Å². The number of methoxy groups -OCH3 is 1. The number of esters is 1. The summed E-state index contributed by atoms with van der Waals surface area (Å²) in [5.74, 6) is 0.706. The molecule has 2 aliphatic rings. The van der Waals surface area contributed by atoms with Crippen LogP contribution < -0.4 is 5.32 Å². The first-order chi connectivity index (χ1) is 9.60. The molecular formula is C16H30N2O2. The largest absolute Gasteiger partial charge is 0.468 e. The average Bonchev–Trinajstić information content (AvgIpc) is 3.08. The molecule has 0 radical (unpaired) electrons. The minimum Gasteiger partial charge on any atom is -0.468 e. The molecule has 4 nitrogen and oxygen atoms in total. The highest BCUT2D eigenvalue weighted by Gasteiger charge is 2.41. The van der Waals surface area contributed by atoms with Gasteiger partial charge in [0.25, 0.3) is 0 Å². The number of hydrogen-bond donors (Lipinski definition) is 1. The first-order valence-electron chi connectivity index (χ1n) is 8.18. The van der Waals surface area contributed by atoms with Gasteiger partial charge < -0.3 is 10.1 Å². The van der Waals surface area contributed by atoms with Gasteiger partial charge in [-0.2, -0.15) is 0 Å². The van der Waals surface area contributed by atoms with Gasteiger partial charge in [0.1, 0.15) is 5.54 Å². The van der Waals surface area contributed by atoms with E-state index >= 15 is 0 Å². The molecule has 1 saturated carbocycles. The van der Waals surface area contributed by atoms with E-state index in [4.69, 9.17) is 4.74 Å². The van der Waals surface area contributed by atoms with Crippen molar-refractivity contribution in [3.05, 3.63) is 0 Å². The number of carbonyl (C=O) groups is 1. The van der Waals surface area contributed by atoms with Gasteiger partial charge in [-0.15, -0.1) is 0 Å². The van der Waals surface area contributed by atoms with Crippen LogP contribution in [0.25, 0.3) is 0 Å². The van der Waals surface area contributed by atoms with Gasteiger partial charge in [0.15, 0.2) is 0 Å². The second-order valence-corrected chi connectivity index (χ2v) is 6.58. The standard InChI is InChI=1S/C16H30N2O2/c1-4-17-16(2,15(19)20-3)12-18-11-7-10-14(18)13-8-5-6-9-13/h13-14,17H,4-12H2,1-3H3. The molecule has 116 valence electrons. The van der Waals surface area contributed by atoms with Crippen molar-refractivity contribution in [2.75, 3.05) is 26.7 Å². The van der Waals surface area contributed by atoms with E-state index in [9.17, 15) is 4.79 Å². The van der Waals surface area contributed by atoms with Gasteiger partial charge in [0, 0.05) is 12.6 Å². The zero-order valence-corrected chi connectivity index (χ0v) is 13.3. The number of rotatable bonds is 6. The van der Waals surface area contributed by atoms with E-state index in [1.807, 2.05) is 13.8 Å². The maximum Gasteiger partial charge on any atom is 0.327 e. The molecule has 2 rings (SSSR count). The fraction of sp³-hybridized carbons (Fsp3) is 0.938. The predicted octanol–water partition coefficient (Wildman–Crippen LogP) is 2.18. The highest BCUT2D eigenvalue weighted by molar-refractivity contribution is 5.80. The summed E-state index contributed by atoms with van der Waals surface area (Å²) in [6.45, 7) is 6.70. The minimum atomic E-state index is -0.579. The van der Waals surface area contributed by atoms with Crippen molar-refractivity contribution in [1.29, 1.82) is 0 Å². The molecule has 0 aromatic rings.